The molecule has 5 nitrogen and oxygen atoms in total. The molecule has 0 aromatic carbocycles. The molecule has 2 unspecified atom stereocenters. The number of furan rings is 1. The van der Waals surface area contributed by atoms with Crippen molar-refractivity contribution in [2.75, 3.05) is 6.54 Å². The molecule has 0 saturated carbocycles. The Bertz CT molecular complexity index is 532. The molecular formula is C14H19NO4. The number of hydrogen-bond donors (Lipinski definition) is 1. The molecule has 5 heteroatoms. The van der Waals surface area contributed by atoms with E-state index in [1.807, 2.05) is 13.8 Å². The summed E-state index contributed by atoms with van der Waals surface area (Å²) in [7, 11) is 0. The van der Waals surface area contributed by atoms with Crippen molar-refractivity contribution in [2.45, 2.75) is 40.2 Å². The van der Waals surface area contributed by atoms with Crippen LogP contribution in [-0.4, -0.2) is 34.5 Å². The topological polar surface area (TPSA) is 70.8 Å². The highest BCUT2D eigenvalue weighted by atomic mass is 16.4. The smallest absolute Gasteiger partial charge is 0.326 e. The molecule has 1 aromatic rings. The van der Waals surface area contributed by atoms with E-state index in [1.54, 1.807) is 13.8 Å². The maximum atomic E-state index is 12.6. The highest BCUT2D eigenvalue weighted by Crippen LogP contribution is 2.29. The minimum Gasteiger partial charge on any atom is -0.480 e. The van der Waals surface area contributed by atoms with Gasteiger partial charge in [-0.2, -0.15) is 0 Å². The van der Waals surface area contributed by atoms with E-state index >= 15 is 0 Å². The molecule has 2 rings (SSSR count). The Labute approximate surface area is 112 Å². The Morgan fingerprint density at radius 1 is 1.26 bits per heavy atom. The van der Waals surface area contributed by atoms with Gasteiger partial charge in [-0.1, -0.05) is 6.92 Å². The van der Waals surface area contributed by atoms with Crippen LogP contribution in [0.5, 0.6) is 0 Å². The summed E-state index contributed by atoms with van der Waals surface area (Å²) in [6.07, 6.45) is 0.720. The lowest BCUT2D eigenvalue weighted by Crippen LogP contribution is -2.43. The second-order valence-corrected chi connectivity index (χ2v) is 5.26. The first-order valence-corrected chi connectivity index (χ1v) is 6.45. The fraction of sp³-hybridized carbons (Fsp3) is 0.571. The van der Waals surface area contributed by atoms with Gasteiger partial charge in [0.2, 0.25) is 0 Å². The van der Waals surface area contributed by atoms with Gasteiger partial charge in [0, 0.05) is 12.1 Å². The Balaban J connectivity index is 2.36. The Morgan fingerprint density at radius 3 is 2.37 bits per heavy atom. The van der Waals surface area contributed by atoms with E-state index in [1.165, 1.54) is 4.90 Å². The Kier molecular flexibility index (Phi) is 3.39. The minimum absolute atomic E-state index is 0.0185. The average Bonchev–Trinajstić information content (AvgIpc) is 2.80. The number of carboxylic acids is 1. The van der Waals surface area contributed by atoms with Crippen molar-refractivity contribution in [3.63, 3.8) is 0 Å². The summed E-state index contributed by atoms with van der Waals surface area (Å²) in [5.74, 6) is 0.0798. The summed E-state index contributed by atoms with van der Waals surface area (Å²) in [5, 5.41) is 9.28. The van der Waals surface area contributed by atoms with Crippen LogP contribution in [0.25, 0.3) is 0 Å². The number of aliphatic carboxylic acids is 1. The normalized spacial score (nSPS) is 22.8. The fourth-order valence-electron chi connectivity index (χ4n) is 2.80. The second-order valence-electron chi connectivity index (χ2n) is 5.26. The summed E-state index contributed by atoms with van der Waals surface area (Å²) in [6.45, 7) is 7.73. The van der Waals surface area contributed by atoms with Crippen LogP contribution in [-0.2, 0) is 4.79 Å². The van der Waals surface area contributed by atoms with Crippen molar-refractivity contribution >= 4 is 11.9 Å². The van der Waals surface area contributed by atoms with Gasteiger partial charge < -0.3 is 14.4 Å². The highest BCUT2D eigenvalue weighted by Gasteiger charge is 2.41. The average molecular weight is 265 g/mol. The maximum absolute atomic E-state index is 12.6. The number of nitrogens with zero attached hydrogens (tertiary/aromatic N) is 1. The summed E-state index contributed by atoms with van der Waals surface area (Å²) in [5.41, 5.74) is 1.31. The summed E-state index contributed by atoms with van der Waals surface area (Å²) < 4.78 is 5.45. The lowest BCUT2D eigenvalue weighted by Gasteiger charge is -2.23. The molecule has 1 amide bonds. The monoisotopic (exact) mass is 265 g/mol. The van der Waals surface area contributed by atoms with Crippen molar-refractivity contribution in [3.8, 4) is 0 Å². The van der Waals surface area contributed by atoms with Gasteiger partial charge >= 0.3 is 5.97 Å². The molecular weight excluding hydrogens is 246 g/mol. The third kappa shape index (κ3) is 2.13. The Hall–Kier alpha value is -1.78. The molecule has 0 bridgehead atoms. The molecule has 1 saturated heterocycles. The first-order valence-electron chi connectivity index (χ1n) is 6.45. The lowest BCUT2D eigenvalue weighted by atomic mass is 10.0. The minimum atomic E-state index is -0.936. The molecule has 104 valence electrons. The van der Waals surface area contributed by atoms with Crippen molar-refractivity contribution in [2.24, 2.45) is 5.92 Å². The van der Waals surface area contributed by atoms with E-state index in [2.05, 4.69) is 0 Å². The summed E-state index contributed by atoms with van der Waals surface area (Å²) >= 11 is 0. The van der Waals surface area contributed by atoms with Crippen LogP contribution in [0.4, 0.5) is 0 Å². The van der Waals surface area contributed by atoms with Crippen molar-refractivity contribution < 1.29 is 19.1 Å². The van der Waals surface area contributed by atoms with Gasteiger partial charge in [0.05, 0.1) is 5.56 Å². The molecule has 1 aromatic heterocycles. The molecule has 2 atom stereocenters. The molecule has 1 fully saturated rings. The van der Waals surface area contributed by atoms with Crippen molar-refractivity contribution in [1.82, 2.24) is 4.90 Å². The van der Waals surface area contributed by atoms with Gasteiger partial charge in [0.25, 0.3) is 5.91 Å². The molecule has 2 heterocycles. The zero-order chi connectivity index (χ0) is 14.3. The van der Waals surface area contributed by atoms with E-state index in [0.29, 0.717) is 23.6 Å². The number of likely N-dealkylation sites (tertiary alicyclic amines) is 1. The zero-order valence-electron chi connectivity index (χ0n) is 11.7. The van der Waals surface area contributed by atoms with E-state index < -0.39 is 12.0 Å². The molecule has 0 spiro atoms. The van der Waals surface area contributed by atoms with Gasteiger partial charge in [-0.3, -0.25) is 4.79 Å². The third-order valence-corrected chi connectivity index (χ3v) is 3.99. The van der Waals surface area contributed by atoms with Crippen LogP contribution in [0, 0.1) is 26.7 Å². The largest absolute Gasteiger partial charge is 0.480 e. The number of carbonyl (C=O) groups excluding carboxylic acids is 1. The Morgan fingerprint density at radius 2 is 1.89 bits per heavy atom. The molecule has 1 aliphatic rings. The van der Waals surface area contributed by atoms with Crippen LogP contribution in [0.15, 0.2) is 4.42 Å². The fourth-order valence-corrected chi connectivity index (χ4v) is 2.80. The molecule has 19 heavy (non-hydrogen) atoms. The quantitative estimate of drug-likeness (QED) is 0.889. The second kappa shape index (κ2) is 4.72. The number of carbonyl (C=O) groups is 2. The van der Waals surface area contributed by atoms with Crippen LogP contribution in [0.3, 0.4) is 0 Å². The molecule has 1 aliphatic heterocycles. The summed E-state index contributed by atoms with van der Waals surface area (Å²) in [4.78, 5) is 25.3. The molecule has 1 N–H and O–H groups in total. The summed E-state index contributed by atoms with van der Waals surface area (Å²) in [6, 6.07) is -0.735. The SMILES string of the molecule is Cc1oc(C)c(C(=O)N2CCC(C)C2C(=O)O)c1C. The lowest BCUT2D eigenvalue weighted by molar-refractivity contribution is -0.142. The van der Waals surface area contributed by atoms with Crippen LogP contribution >= 0.6 is 0 Å². The number of hydrogen-bond acceptors (Lipinski definition) is 3. The highest BCUT2D eigenvalue weighted by molar-refractivity contribution is 5.99. The van der Waals surface area contributed by atoms with Crippen LogP contribution in [0.1, 0.15) is 40.8 Å². The van der Waals surface area contributed by atoms with Gasteiger partial charge in [-0.25, -0.2) is 4.79 Å². The van der Waals surface area contributed by atoms with Crippen LogP contribution < -0.4 is 0 Å². The van der Waals surface area contributed by atoms with Crippen molar-refractivity contribution in [3.05, 3.63) is 22.6 Å². The van der Waals surface area contributed by atoms with Gasteiger partial charge in [-0.15, -0.1) is 0 Å². The van der Waals surface area contributed by atoms with E-state index in [4.69, 9.17) is 4.42 Å². The van der Waals surface area contributed by atoms with Gasteiger partial charge in [-0.05, 0) is 33.1 Å². The standard InChI is InChI=1S/C14H19NO4/c1-7-5-6-15(12(7)14(17)18)13(16)11-8(2)9(3)19-10(11)4/h7,12H,5-6H2,1-4H3,(H,17,18). The maximum Gasteiger partial charge on any atom is 0.326 e. The van der Waals surface area contributed by atoms with E-state index in [0.717, 1.165) is 12.0 Å². The van der Waals surface area contributed by atoms with Crippen LogP contribution in [0.2, 0.25) is 0 Å². The first-order chi connectivity index (χ1) is 8.84. The third-order valence-electron chi connectivity index (χ3n) is 3.99. The van der Waals surface area contributed by atoms with Gasteiger partial charge in [0.1, 0.15) is 17.6 Å². The predicted molar refractivity (Wildman–Crippen MR) is 69.2 cm³/mol. The van der Waals surface area contributed by atoms with Gasteiger partial charge in [0.15, 0.2) is 0 Å². The predicted octanol–water partition coefficient (Wildman–Crippen LogP) is 2.14. The number of carboxylic acid groups (broad SMARTS) is 1. The number of amides is 1. The zero-order valence-corrected chi connectivity index (χ0v) is 11.7. The van der Waals surface area contributed by atoms with E-state index in [-0.39, 0.29) is 11.8 Å². The first kappa shape index (κ1) is 13.6. The van der Waals surface area contributed by atoms with Crippen molar-refractivity contribution in [1.29, 1.82) is 0 Å². The molecule has 0 radical (unpaired) electrons. The number of rotatable bonds is 2. The molecule has 0 aliphatic carbocycles. The van der Waals surface area contributed by atoms with E-state index in [9.17, 15) is 14.7 Å². The number of aryl methyl sites for hydroxylation is 2.